The fourth-order valence-electron chi connectivity index (χ4n) is 2.66. The van der Waals surface area contributed by atoms with Gasteiger partial charge in [0.15, 0.2) is 0 Å². The molecule has 1 N–H and O–H groups in total. The average molecular weight is 353 g/mol. The Labute approximate surface area is 145 Å². The van der Waals surface area contributed by atoms with E-state index in [0.29, 0.717) is 6.61 Å². The Morgan fingerprint density at radius 2 is 0.773 bits per heavy atom. The van der Waals surface area contributed by atoms with Crippen LogP contribution in [0.5, 0.6) is 0 Å². The Balaban J connectivity index is 0. The number of aliphatic hydroxyl groups is 1. The van der Waals surface area contributed by atoms with Gasteiger partial charge in [-0.25, -0.2) is 0 Å². The number of hydrogen-bond donors (Lipinski definition) is 1. The van der Waals surface area contributed by atoms with Crippen LogP contribution in [0.1, 0.15) is 110 Å². The van der Waals surface area contributed by atoms with Gasteiger partial charge in [-0.05, 0) is 6.42 Å². The summed E-state index contributed by atoms with van der Waals surface area (Å²) in [6.07, 6.45) is 22.2. The molecule has 0 bridgehead atoms. The Morgan fingerprint density at radius 1 is 0.545 bits per heavy atom. The third-order valence-corrected chi connectivity index (χ3v) is 4.01. The first-order chi connectivity index (χ1) is 10.8. The van der Waals surface area contributed by atoms with E-state index in [9.17, 15) is 0 Å². The molecule has 0 aliphatic rings. The van der Waals surface area contributed by atoms with Gasteiger partial charge in [-0.2, -0.15) is 0 Å². The zero-order valence-corrected chi connectivity index (χ0v) is 16.1. The van der Waals surface area contributed by atoms with Crippen LogP contribution in [0.25, 0.3) is 0 Å². The van der Waals surface area contributed by atoms with Crippen LogP contribution in [0.2, 0.25) is 0 Å². The van der Waals surface area contributed by atoms with Crippen molar-refractivity contribution in [2.75, 3.05) is 6.61 Å². The van der Waals surface area contributed by atoms with E-state index >= 15 is 0 Å². The fraction of sp³-hybridized carbons (Fsp3) is 1.00. The van der Waals surface area contributed by atoms with E-state index in [4.69, 9.17) is 12.5 Å². The monoisotopic (exact) mass is 353 g/mol. The third kappa shape index (κ3) is 28.3. The topological polar surface area (TPSA) is 54.4 Å². The molecule has 0 atom stereocenters. The molecule has 0 fully saturated rings. The molecule has 0 rings (SSSR count). The second kappa shape index (κ2) is 26.1. The van der Waals surface area contributed by atoms with Crippen LogP contribution in [0.15, 0.2) is 0 Å². The normalized spacial score (nSPS) is 9.91. The van der Waals surface area contributed by atoms with E-state index in [1.807, 2.05) is 0 Å². The van der Waals surface area contributed by atoms with E-state index in [1.54, 1.807) is 0 Å². The van der Waals surface area contributed by atoms with Crippen LogP contribution in [0.4, 0.5) is 0 Å². The summed E-state index contributed by atoms with van der Waals surface area (Å²) in [6.45, 7) is 2.66. The number of aliphatic hydroxyl groups excluding tert-OH is 1. The van der Waals surface area contributed by atoms with E-state index in [0.717, 1.165) is 6.42 Å². The van der Waals surface area contributed by atoms with Gasteiger partial charge in [0.25, 0.3) is 0 Å². The molecule has 133 valence electrons. The molecule has 0 saturated carbocycles. The van der Waals surface area contributed by atoms with Crippen molar-refractivity contribution in [3.63, 3.8) is 0 Å². The summed E-state index contributed by atoms with van der Waals surface area (Å²) in [5, 5.41) is 8.67. The van der Waals surface area contributed by atoms with Crippen LogP contribution in [-0.2, 0) is 23.5 Å². The van der Waals surface area contributed by atoms with Crippen molar-refractivity contribution < 1.29 is 28.6 Å². The summed E-state index contributed by atoms with van der Waals surface area (Å²) < 4.78 is 16.9. The van der Waals surface area contributed by atoms with Crippen molar-refractivity contribution in [2.45, 2.75) is 110 Å². The molecule has 0 aliphatic heterocycles. The minimum atomic E-state index is -1.81. The predicted octanol–water partition coefficient (Wildman–Crippen LogP) is 6.00. The van der Waals surface area contributed by atoms with Gasteiger partial charge in [0, 0.05) is 6.61 Å². The Bertz CT molecular complexity index is 200. The summed E-state index contributed by atoms with van der Waals surface area (Å²) >= 11 is -1.81. The zero-order valence-electron chi connectivity index (χ0n) is 14.7. The van der Waals surface area contributed by atoms with Crippen molar-refractivity contribution in [1.82, 2.24) is 0 Å². The molecule has 0 unspecified atom stereocenters. The van der Waals surface area contributed by atoms with Crippen LogP contribution < -0.4 is 0 Å². The van der Waals surface area contributed by atoms with Crippen molar-refractivity contribution in [2.24, 2.45) is 0 Å². The summed E-state index contributed by atoms with van der Waals surface area (Å²) in [6, 6.07) is 0. The SMILES string of the molecule is CCCCCCCCCCCCCCCCCCO.[O]=[V]=[O]. The van der Waals surface area contributed by atoms with Gasteiger partial charge in [-0.3, -0.25) is 0 Å². The molecule has 0 aromatic heterocycles. The first-order valence-corrected chi connectivity index (χ1v) is 10.5. The maximum atomic E-state index is 8.67. The molecule has 22 heavy (non-hydrogen) atoms. The molecule has 0 saturated heterocycles. The van der Waals surface area contributed by atoms with Crippen LogP contribution in [-0.4, -0.2) is 11.7 Å². The van der Waals surface area contributed by atoms with Gasteiger partial charge in [0.05, 0.1) is 0 Å². The Hall–Kier alpha value is 0.144. The molecule has 0 aromatic carbocycles. The Morgan fingerprint density at radius 3 is 1.00 bits per heavy atom. The predicted molar refractivity (Wildman–Crippen MR) is 88.0 cm³/mol. The minimum absolute atomic E-state index is 0.373. The second-order valence-electron chi connectivity index (χ2n) is 6.10. The van der Waals surface area contributed by atoms with Crippen molar-refractivity contribution in [1.29, 1.82) is 0 Å². The van der Waals surface area contributed by atoms with E-state index < -0.39 is 16.2 Å². The average Bonchev–Trinajstić information content (AvgIpc) is 2.52. The number of rotatable bonds is 16. The molecule has 0 spiro atoms. The maximum absolute atomic E-state index is 8.67. The molecule has 0 radical (unpaired) electrons. The second-order valence-corrected chi connectivity index (χ2v) is 6.33. The van der Waals surface area contributed by atoms with Gasteiger partial charge < -0.3 is 5.11 Å². The quantitative estimate of drug-likeness (QED) is 0.346. The van der Waals surface area contributed by atoms with Gasteiger partial charge in [-0.15, -0.1) is 0 Å². The van der Waals surface area contributed by atoms with E-state index in [1.165, 1.54) is 96.3 Å². The third-order valence-electron chi connectivity index (χ3n) is 4.01. The van der Waals surface area contributed by atoms with Gasteiger partial charge in [-0.1, -0.05) is 103 Å². The number of hydrogen-bond acceptors (Lipinski definition) is 3. The Kier molecular flexibility index (Phi) is 28.9. The standard InChI is InChI=1S/C18H38O.2O.V/c1-2-3-4-5-6-7-8-9-10-11-12-13-14-15-16-17-18-19;;;/h19H,2-18H2,1H3;;;. The number of unbranched alkanes of at least 4 members (excludes halogenated alkanes) is 15. The molecular weight excluding hydrogens is 315 g/mol. The zero-order chi connectivity index (χ0) is 16.7. The van der Waals surface area contributed by atoms with Gasteiger partial charge >= 0.3 is 23.5 Å². The first-order valence-electron chi connectivity index (χ1n) is 9.39. The molecule has 3 nitrogen and oxygen atoms in total. The summed E-state index contributed by atoms with van der Waals surface area (Å²) in [7, 11) is 0. The summed E-state index contributed by atoms with van der Waals surface area (Å²) in [5.74, 6) is 0. The fourth-order valence-corrected chi connectivity index (χ4v) is 2.66. The molecule has 4 heteroatoms. The summed E-state index contributed by atoms with van der Waals surface area (Å²) in [5.41, 5.74) is 0. The molecule has 0 aliphatic carbocycles. The van der Waals surface area contributed by atoms with Crippen LogP contribution >= 0.6 is 0 Å². The van der Waals surface area contributed by atoms with Crippen molar-refractivity contribution >= 4 is 0 Å². The summed E-state index contributed by atoms with van der Waals surface area (Å²) in [4.78, 5) is 0. The van der Waals surface area contributed by atoms with E-state index in [-0.39, 0.29) is 0 Å². The van der Waals surface area contributed by atoms with Gasteiger partial charge in [0.2, 0.25) is 0 Å². The van der Waals surface area contributed by atoms with Gasteiger partial charge in [0.1, 0.15) is 0 Å². The van der Waals surface area contributed by atoms with E-state index in [2.05, 4.69) is 6.92 Å². The molecular formula is C18H38O3V. The molecule has 0 aromatic rings. The van der Waals surface area contributed by atoms with Crippen molar-refractivity contribution in [3.8, 4) is 0 Å². The van der Waals surface area contributed by atoms with Crippen LogP contribution in [0.3, 0.4) is 0 Å². The van der Waals surface area contributed by atoms with Crippen LogP contribution in [0, 0.1) is 0 Å². The van der Waals surface area contributed by atoms with Crippen molar-refractivity contribution in [3.05, 3.63) is 0 Å². The first kappa shape index (κ1) is 24.4. The molecule has 0 heterocycles. The molecule has 0 amide bonds.